The number of ether oxygens (including phenoxy) is 4. The highest BCUT2D eigenvalue weighted by molar-refractivity contribution is 5.14. The molecule has 10 fully saturated rings. The third kappa shape index (κ3) is 3.95. The van der Waals surface area contributed by atoms with Crippen molar-refractivity contribution in [2.45, 2.75) is 153 Å². The minimum Gasteiger partial charge on any atom is -0.346 e. The van der Waals surface area contributed by atoms with Crippen LogP contribution in [0.15, 0.2) is 12.2 Å². The molecule has 8 heterocycles. The van der Waals surface area contributed by atoms with Gasteiger partial charge in [0.05, 0.1) is 12.2 Å². The monoisotopic (exact) mass is 588 g/mol. The van der Waals surface area contributed by atoms with Crippen LogP contribution >= 0.6 is 0 Å². The van der Waals surface area contributed by atoms with Crippen molar-refractivity contribution in [3.63, 3.8) is 0 Å². The van der Waals surface area contributed by atoms with E-state index < -0.39 is 35.4 Å². The minimum atomic E-state index is -0.753. The molecule has 0 radical (unpaired) electrons. The van der Waals surface area contributed by atoms with Crippen LogP contribution in [0.3, 0.4) is 0 Å². The van der Waals surface area contributed by atoms with Crippen LogP contribution in [-0.2, 0) is 38.5 Å². The van der Waals surface area contributed by atoms with Gasteiger partial charge >= 0.3 is 0 Å². The van der Waals surface area contributed by atoms with Crippen molar-refractivity contribution in [2.24, 2.45) is 47.3 Å². The Morgan fingerprint density at radius 1 is 0.595 bits per heavy atom. The van der Waals surface area contributed by atoms with Gasteiger partial charge in [0.1, 0.15) is 0 Å². The van der Waals surface area contributed by atoms with E-state index in [1.165, 1.54) is 18.4 Å². The Hall–Kier alpha value is -0.580. The molecule has 0 unspecified atom stereocenters. The highest BCUT2D eigenvalue weighted by Crippen LogP contribution is 2.63. The normalized spacial score (nSPS) is 59.8. The minimum absolute atomic E-state index is 0.0182. The second kappa shape index (κ2) is 9.71. The first-order chi connectivity index (χ1) is 20.0. The Morgan fingerprint density at radius 3 is 1.45 bits per heavy atom. The van der Waals surface area contributed by atoms with Crippen LogP contribution in [0.2, 0.25) is 0 Å². The van der Waals surface area contributed by atoms with Gasteiger partial charge in [-0.3, -0.25) is 0 Å². The van der Waals surface area contributed by atoms with Crippen molar-refractivity contribution in [3.8, 4) is 0 Å². The fraction of sp³-hybridized carbons (Fsp3) is 0.941. The maximum Gasteiger partial charge on any atom is 0.201 e. The lowest BCUT2D eigenvalue weighted by molar-refractivity contribution is -0.571. The molecule has 8 aliphatic heterocycles. The average molecular weight is 589 g/mol. The molecule has 42 heavy (non-hydrogen) atoms. The summed E-state index contributed by atoms with van der Waals surface area (Å²) in [5.74, 6) is 1.66. The number of fused-ring (bicyclic) bond motifs is 4. The smallest absolute Gasteiger partial charge is 0.201 e. The SMILES string of the molecule is C=C(C[C@H]1O[C@@H]2O[C@]3(C)CC[C@H]4[C@H](C)CC[C@@H]([C@H]1C)[C@@]24OO3)C[C@H]1O[C@@H]2O[C@]3(C)CC[C@H]4[C@H](C)CC[C@@H]([C@H]1C)[C@@]24OO3. The summed E-state index contributed by atoms with van der Waals surface area (Å²) < 4.78 is 27.0. The highest BCUT2D eigenvalue weighted by atomic mass is 17.3. The zero-order valence-electron chi connectivity index (χ0n) is 26.5. The van der Waals surface area contributed by atoms with Crippen LogP contribution < -0.4 is 0 Å². The molecule has 2 saturated carbocycles. The molecule has 8 heteroatoms. The molecule has 0 aromatic rings. The van der Waals surface area contributed by atoms with E-state index >= 15 is 0 Å². The topological polar surface area (TPSA) is 73.8 Å². The Bertz CT molecular complexity index is 1020. The summed E-state index contributed by atoms with van der Waals surface area (Å²) in [5, 5.41) is 0. The molecule has 16 atom stereocenters. The van der Waals surface area contributed by atoms with E-state index in [2.05, 4.69) is 34.3 Å². The van der Waals surface area contributed by atoms with E-state index in [1.54, 1.807) is 0 Å². The molecule has 0 amide bonds. The van der Waals surface area contributed by atoms with Crippen molar-refractivity contribution < 1.29 is 38.5 Å². The lowest BCUT2D eigenvalue weighted by Gasteiger charge is -2.61. The first kappa shape index (κ1) is 28.9. The van der Waals surface area contributed by atoms with Crippen molar-refractivity contribution >= 4 is 0 Å². The maximum atomic E-state index is 6.89. The van der Waals surface area contributed by atoms with Crippen LogP contribution in [-0.4, -0.2) is 47.6 Å². The first-order valence-electron chi connectivity index (χ1n) is 17.0. The third-order valence-corrected chi connectivity index (χ3v) is 13.6. The first-order valence-corrected chi connectivity index (χ1v) is 17.0. The van der Waals surface area contributed by atoms with Gasteiger partial charge in [-0.05, 0) is 101 Å². The third-order valence-electron chi connectivity index (χ3n) is 13.6. The molecule has 0 aromatic heterocycles. The molecule has 0 aromatic carbocycles. The lowest BCUT2D eigenvalue weighted by atomic mass is 9.57. The molecule has 236 valence electrons. The summed E-state index contributed by atoms with van der Waals surface area (Å²) in [6.45, 7) is 18.0. The molecule has 8 saturated heterocycles. The Balaban J connectivity index is 1.01. The van der Waals surface area contributed by atoms with E-state index in [-0.39, 0.29) is 12.2 Å². The van der Waals surface area contributed by atoms with Crippen molar-refractivity contribution in [3.05, 3.63) is 12.2 Å². The van der Waals surface area contributed by atoms with Gasteiger partial charge in [0, 0.05) is 24.7 Å². The summed E-state index contributed by atoms with van der Waals surface area (Å²) in [7, 11) is 0. The maximum absolute atomic E-state index is 6.89. The Labute approximate surface area is 251 Å². The summed E-state index contributed by atoms with van der Waals surface area (Å²) in [5.41, 5.74) is 0.119. The predicted molar refractivity (Wildman–Crippen MR) is 152 cm³/mol. The van der Waals surface area contributed by atoms with Crippen LogP contribution in [0, 0.1) is 47.3 Å². The number of rotatable bonds is 4. The fourth-order valence-electron chi connectivity index (χ4n) is 11.1. The van der Waals surface area contributed by atoms with E-state index in [1.807, 2.05) is 13.8 Å². The van der Waals surface area contributed by atoms with Crippen molar-refractivity contribution in [1.82, 2.24) is 0 Å². The molecular weight excluding hydrogens is 536 g/mol. The second-order valence-electron chi connectivity index (χ2n) is 16.0. The number of hydrogen-bond donors (Lipinski definition) is 0. The van der Waals surface area contributed by atoms with Gasteiger partial charge < -0.3 is 18.9 Å². The standard InChI is InChI=1S/C34H52O8/c1-18(16-27-21(4)25-10-8-19(2)23-12-14-31(6)37-29(35-27)33(23,25)41-39-31)17-28-22(5)26-11-9-20(3)24-13-15-32(7)38-30(36-28)34(24,26)42-40-32/h19-30H,1,8-17H2,2-7H3/t19-,20-,21-,22-,23+,24+,25+,26+,27-,28-,29-,30-,31+,32+,33-,34-/m1/s1. The Kier molecular flexibility index (Phi) is 6.67. The van der Waals surface area contributed by atoms with Crippen LogP contribution in [0.1, 0.15) is 106 Å². The number of hydrogen-bond acceptors (Lipinski definition) is 8. The molecule has 10 rings (SSSR count). The zero-order chi connectivity index (χ0) is 29.2. The van der Waals surface area contributed by atoms with Crippen LogP contribution in [0.4, 0.5) is 0 Å². The van der Waals surface area contributed by atoms with Gasteiger partial charge in [0.25, 0.3) is 0 Å². The van der Waals surface area contributed by atoms with Gasteiger partial charge in [-0.1, -0.05) is 39.8 Å². The quantitative estimate of drug-likeness (QED) is 0.262. The molecule has 8 nitrogen and oxygen atoms in total. The molecule has 10 aliphatic rings. The fourth-order valence-corrected chi connectivity index (χ4v) is 11.1. The van der Waals surface area contributed by atoms with E-state index in [0.29, 0.717) is 47.3 Å². The molecular formula is C34H52O8. The molecule has 2 spiro atoms. The molecule has 0 N–H and O–H groups in total. The second-order valence-corrected chi connectivity index (χ2v) is 16.0. The zero-order valence-corrected chi connectivity index (χ0v) is 26.5. The molecule has 2 aliphatic carbocycles. The van der Waals surface area contributed by atoms with Gasteiger partial charge in [-0.25, -0.2) is 19.6 Å². The summed E-state index contributed by atoms with van der Waals surface area (Å²) in [6, 6.07) is 0. The predicted octanol–water partition coefficient (Wildman–Crippen LogP) is 6.82. The largest absolute Gasteiger partial charge is 0.346 e. The van der Waals surface area contributed by atoms with Crippen molar-refractivity contribution in [2.75, 3.05) is 0 Å². The van der Waals surface area contributed by atoms with Gasteiger partial charge in [0.2, 0.25) is 11.6 Å². The Morgan fingerprint density at radius 2 is 1.02 bits per heavy atom. The lowest BCUT2D eigenvalue weighted by Crippen LogP contribution is -2.70. The van der Waals surface area contributed by atoms with Gasteiger partial charge in [0.15, 0.2) is 23.8 Å². The van der Waals surface area contributed by atoms with E-state index in [9.17, 15) is 0 Å². The van der Waals surface area contributed by atoms with Crippen molar-refractivity contribution in [1.29, 1.82) is 0 Å². The van der Waals surface area contributed by atoms with Crippen LogP contribution in [0.5, 0.6) is 0 Å². The summed E-state index contributed by atoms with van der Waals surface area (Å²) in [4.78, 5) is 24.7. The summed E-state index contributed by atoms with van der Waals surface area (Å²) >= 11 is 0. The van der Waals surface area contributed by atoms with Gasteiger partial charge in [-0.2, -0.15) is 0 Å². The molecule has 4 bridgehead atoms. The summed E-state index contributed by atoms with van der Waals surface area (Å²) in [6.07, 6.45) is 9.19. The van der Waals surface area contributed by atoms with Crippen LogP contribution in [0.25, 0.3) is 0 Å². The average Bonchev–Trinajstić information content (AvgIpc) is 3.32. The highest BCUT2D eigenvalue weighted by Gasteiger charge is 2.71. The van der Waals surface area contributed by atoms with Gasteiger partial charge in [-0.15, -0.1) is 0 Å². The van der Waals surface area contributed by atoms with E-state index in [4.69, 9.17) is 38.5 Å². The van der Waals surface area contributed by atoms with E-state index in [0.717, 1.165) is 51.4 Å².